The van der Waals surface area contributed by atoms with Gasteiger partial charge in [0.15, 0.2) is 0 Å². The molecular formula is C12H18N2O5S2. The van der Waals surface area contributed by atoms with Crippen molar-refractivity contribution in [3.63, 3.8) is 0 Å². The summed E-state index contributed by atoms with van der Waals surface area (Å²) in [4.78, 5) is -0.423. The molecule has 1 aromatic rings. The van der Waals surface area contributed by atoms with Crippen LogP contribution in [0.25, 0.3) is 0 Å². The Morgan fingerprint density at radius 3 is 2.43 bits per heavy atom. The van der Waals surface area contributed by atoms with Crippen LogP contribution in [-0.4, -0.2) is 34.6 Å². The zero-order valence-corrected chi connectivity index (χ0v) is 12.9. The molecule has 21 heavy (non-hydrogen) atoms. The lowest BCUT2D eigenvalue weighted by Gasteiger charge is -2.15. The molecule has 1 aliphatic rings. The number of sulfonamides is 2. The quantitative estimate of drug-likeness (QED) is 0.686. The number of nitrogens with two attached hydrogens (primary N) is 1. The smallest absolute Gasteiger partial charge is 0.240 e. The van der Waals surface area contributed by atoms with Crippen molar-refractivity contribution in [3.05, 3.63) is 24.3 Å². The van der Waals surface area contributed by atoms with Gasteiger partial charge in [-0.25, -0.2) is 26.7 Å². The van der Waals surface area contributed by atoms with Crippen LogP contribution in [0.4, 0.5) is 0 Å². The molecule has 0 heterocycles. The molecule has 0 saturated heterocycles. The first kappa shape index (κ1) is 16.4. The second kappa shape index (κ2) is 6.01. The highest BCUT2D eigenvalue weighted by molar-refractivity contribution is 7.90. The van der Waals surface area contributed by atoms with Crippen molar-refractivity contribution in [2.24, 2.45) is 11.1 Å². The molecule has 2 unspecified atom stereocenters. The number of hydrogen-bond acceptors (Lipinski definition) is 5. The van der Waals surface area contributed by atoms with E-state index in [1.807, 2.05) is 0 Å². The van der Waals surface area contributed by atoms with Crippen LogP contribution < -0.4 is 9.86 Å². The van der Waals surface area contributed by atoms with Gasteiger partial charge in [-0.1, -0.05) is 12.5 Å². The van der Waals surface area contributed by atoms with Gasteiger partial charge >= 0.3 is 0 Å². The minimum atomic E-state index is -3.96. The van der Waals surface area contributed by atoms with E-state index in [0.717, 1.165) is 18.9 Å². The fourth-order valence-electron chi connectivity index (χ4n) is 2.37. The van der Waals surface area contributed by atoms with Gasteiger partial charge in [-0.2, -0.15) is 0 Å². The average Bonchev–Trinajstić information content (AvgIpc) is 2.81. The van der Waals surface area contributed by atoms with Crippen LogP contribution in [-0.2, 0) is 20.0 Å². The van der Waals surface area contributed by atoms with E-state index in [0.29, 0.717) is 6.42 Å². The minimum Gasteiger partial charge on any atom is -0.393 e. The highest BCUT2D eigenvalue weighted by atomic mass is 32.2. The predicted octanol–water partition coefficient (Wildman–Crippen LogP) is -0.227. The summed E-state index contributed by atoms with van der Waals surface area (Å²) in [6, 6.07) is 4.86. The number of primary sulfonamides is 1. The van der Waals surface area contributed by atoms with Crippen molar-refractivity contribution in [3.8, 4) is 0 Å². The second-order valence-electron chi connectivity index (χ2n) is 5.13. The number of benzene rings is 1. The molecule has 118 valence electrons. The molecule has 1 fully saturated rings. The molecule has 0 spiro atoms. The van der Waals surface area contributed by atoms with Crippen LogP contribution in [0.2, 0.25) is 0 Å². The van der Waals surface area contributed by atoms with E-state index in [-0.39, 0.29) is 22.3 Å². The molecule has 0 radical (unpaired) electrons. The molecule has 1 aromatic carbocycles. The predicted molar refractivity (Wildman–Crippen MR) is 76.4 cm³/mol. The summed E-state index contributed by atoms with van der Waals surface area (Å²) in [5, 5.41) is 14.7. The third-order valence-corrected chi connectivity index (χ3v) is 5.93. The van der Waals surface area contributed by atoms with E-state index in [4.69, 9.17) is 5.14 Å². The Balaban J connectivity index is 2.16. The SMILES string of the molecule is NS(=O)(=O)c1cccc(S(=O)(=O)NCC2CCCC2O)c1. The van der Waals surface area contributed by atoms with Crippen molar-refractivity contribution >= 4 is 20.0 Å². The third kappa shape index (κ3) is 4.01. The normalized spacial score (nSPS) is 23.3. The van der Waals surface area contributed by atoms with Crippen LogP contribution >= 0.6 is 0 Å². The number of aliphatic hydroxyl groups excluding tert-OH is 1. The summed E-state index contributed by atoms with van der Waals surface area (Å²) in [6.07, 6.45) is 1.81. The largest absolute Gasteiger partial charge is 0.393 e. The molecule has 7 nitrogen and oxygen atoms in total. The highest BCUT2D eigenvalue weighted by Gasteiger charge is 2.27. The first-order valence-corrected chi connectivity index (χ1v) is 9.54. The molecule has 9 heteroatoms. The summed E-state index contributed by atoms with van der Waals surface area (Å²) >= 11 is 0. The average molecular weight is 334 g/mol. The van der Waals surface area contributed by atoms with Crippen LogP contribution in [0.15, 0.2) is 34.1 Å². The monoisotopic (exact) mass is 334 g/mol. The van der Waals surface area contributed by atoms with Gasteiger partial charge in [-0.05, 0) is 37.0 Å². The van der Waals surface area contributed by atoms with Crippen LogP contribution in [0.5, 0.6) is 0 Å². The lowest BCUT2D eigenvalue weighted by Crippen LogP contribution is -2.32. The topological polar surface area (TPSA) is 127 Å². The van der Waals surface area contributed by atoms with E-state index in [1.54, 1.807) is 0 Å². The summed E-state index contributed by atoms with van der Waals surface area (Å²) < 4.78 is 49.2. The molecule has 2 rings (SSSR count). The van der Waals surface area contributed by atoms with E-state index < -0.39 is 26.2 Å². The van der Waals surface area contributed by atoms with Gasteiger partial charge < -0.3 is 5.11 Å². The van der Waals surface area contributed by atoms with E-state index in [9.17, 15) is 21.9 Å². The molecule has 0 amide bonds. The Morgan fingerprint density at radius 1 is 1.19 bits per heavy atom. The van der Waals surface area contributed by atoms with E-state index >= 15 is 0 Å². The molecule has 0 aromatic heterocycles. The van der Waals surface area contributed by atoms with Crippen LogP contribution in [0, 0.1) is 5.92 Å². The van der Waals surface area contributed by atoms with Gasteiger partial charge in [0.05, 0.1) is 15.9 Å². The summed E-state index contributed by atoms with van der Waals surface area (Å²) in [6.45, 7) is 0.128. The van der Waals surface area contributed by atoms with E-state index in [2.05, 4.69) is 4.72 Å². The van der Waals surface area contributed by atoms with Gasteiger partial charge in [0.25, 0.3) is 0 Å². The molecule has 4 N–H and O–H groups in total. The van der Waals surface area contributed by atoms with Crippen LogP contribution in [0.1, 0.15) is 19.3 Å². The Kier molecular flexibility index (Phi) is 4.69. The Labute approximate surface area is 124 Å². The maximum absolute atomic E-state index is 12.1. The first-order valence-electron chi connectivity index (χ1n) is 6.51. The fourth-order valence-corrected chi connectivity index (χ4v) is 4.15. The third-order valence-electron chi connectivity index (χ3n) is 3.60. The number of rotatable bonds is 5. The zero-order valence-electron chi connectivity index (χ0n) is 11.3. The summed E-state index contributed by atoms with van der Waals surface area (Å²) in [5.41, 5.74) is 0. The number of hydrogen-bond donors (Lipinski definition) is 3. The van der Waals surface area contributed by atoms with Crippen molar-refractivity contribution in [2.75, 3.05) is 6.54 Å². The van der Waals surface area contributed by atoms with Gasteiger partial charge in [-0.15, -0.1) is 0 Å². The van der Waals surface area contributed by atoms with Crippen LogP contribution in [0.3, 0.4) is 0 Å². The summed E-state index contributed by atoms with van der Waals surface area (Å²) in [5.74, 6) is -0.110. The van der Waals surface area contributed by atoms with Crippen molar-refractivity contribution in [1.29, 1.82) is 0 Å². The second-order valence-corrected chi connectivity index (χ2v) is 8.46. The minimum absolute atomic E-state index is 0.110. The maximum Gasteiger partial charge on any atom is 0.240 e. The van der Waals surface area contributed by atoms with Gasteiger partial charge in [0.1, 0.15) is 0 Å². The first-order chi connectivity index (χ1) is 9.70. The zero-order chi connectivity index (χ0) is 15.7. The fraction of sp³-hybridized carbons (Fsp3) is 0.500. The summed E-state index contributed by atoms with van der Waals surface area (Å²) in [7, 11) is -7.79. The molecule has 0 aliphatic heterocycles. The Morgan fingerprint density at radius 2 is 1.86 bits per heavy atom. The lowest BCUT2D eigenvalue weighted by atomic mass is 10.1. The van der Waals surface area contributed by atoms with Crippen molar-refractivity contribution in [2.45, 2.75) is 35.2 Å². The number of aliphatic hydroxyl groups is 1. The molecule has 2 atom stereocenters. The Hall–Kier alpha value is -1.00. The lowest BCUT2D eigenvalue weighted by molar-refractivity contribution is 0.134. The maximum atomic E-state index is 12.1. The van der Waals surface area contributed by atoms with Gasteiger partial charge in [0, 0.05) is 6.54 Å². The van der Waals surface area contributed by atoms with Crippen molar-refractivity contribution in [1.82, 2.24) is 4.72 Å². The standard InChI is InChI=1S/C12H18N2O5S2/c13-20(16,17)10-4-2-5-11(7-10)21(18,19)14-8-9-3-1-6-12(9)15/h2,4-5,7,9,12,14-15H,1,3,6,8H2,(H2,13,16,17). The molecule has 1 aliphatic carbocycles. The van der Waals surface area contributed by atoms with Gasteiger partial charge in [-0.3, -0.25) is 0 Å². The molecule has 1 saturated carbocycles. The Bertz CT molecular complexity index is 715. The van der Waals surface area contributed by atoms with Crippen molar-refractivity contribution < 1.29 is 21.9 Å². The van der Waals surface area contributed by atoms with E-state index in [1.165, 1.54) is 18.2 Å². The molecular weight excluding hydrogens is 316 g/mol. The highest BCUT2D eigenvalue weighted by Crippen LogP contribution is 2.25. The van der Waals surface area contributed by atoms with Gasteiger partial charge in [0.2, 0.25) is 20.0 Å². The number of nitrogens with one attached hydrogen (secondary N) is 1. The molecule has 0 bridgehead atoms.